The van der Waals surface area contributed by atoms with Gasteiger partial charge in [0.25, 0.3) is 0 Å². The lowest BCUT2D eigenvalue weighted by Gasteiger charge is -2.35. The third-order valence-corrected chi connectivity index (χ3v) is 7.47. The van der Waals surface area contributed by atoms with Gasteiger partial charge in [0, 0.05) is 19.5 Å². The number of nitrogens with one attached hydrogen (secondary N) is 2. The van der Waals surface area contributed by atoms with Gasteiger partial charge in [-0.2, -0.15) is 0 Å². The number of phenols is 1. The van der Waals surface area contributed by atoms with Crippen LogP contribution in [-0.4, -0.2) is 46.1 Å². The first-order valence-corrected chi connectivity index (χ1v) is 16.0. The fourth-order valence-electron chi connectivity index (χ4n) is 5.08. The maximum atomic E-state index is 14.6. The van der Waals surface area contributed by atoms with E-state index in [1.165, 1.54) is 0 Å². The summed E-state index contributed by atoms with van der Waals surface area (Å²) in [6.07, 6.45) is 3.91. The average molecular weight is 616 g/mol. The van der Waals surface area contributed by atoms with Crippen LogP contribution in [0.3, 0.4) is 0 Å². The quantitative estimate of drug-likeness (QED) is 0.162. The Morgan fingerprint density at radius 2 is 1.47 bits per heavy atom. The number of nitrogens with zero attached hydrogens (tertiary/aromatic N) is 1. The number of hydrogen-bond donors (Lipinski definition) is 3. The Balaban J connectivity index is 2.03. The molecule has 45 heavy (non-hydrogen) atoms. The van der Waals surface area contributed by atoms with Gasteiger partial charge in [0.05, 0.1) is 0 Å². The molecular formula is C37H49N3O5. The highest BCUT2D eigenvalue weighted by Gasteiger charge is 2.36. The summed E-state index contributed by atoms with van der Waals surface area (Å²) in [4.78, 5) is 43.3. The minimum atomic E-state index is -1.02. The van der Waals surface area contributed by atoms with E-state index in [0.717, 1.165) is 42.4 Å². The molecule has 0 spiro atoms. The minimum Gasteiger partial charge on any atom is -0.508 e. The SMILES string of the molecule is CCCCCCN(C(=O)C(Cc1ccc(O)cc1)NC(=O)OC(C)(C)C)C(C(=O)NCc1ccccc1)c1ccc(CC)cc1. The van der Waals surface area contributed by atoms with Crippen LogP contribution in [0.2, 0.25) is 0 Å². The standard InChI is InChI=1S/C37H49N3O5/c1-6-8-9-13-24-40(35(43)32(39-36(44)45-37(3,4)5)25-28-18-22-31(41)23-19-28)33(30-20-16-27(7-2)17-21-30)34(42)38-26-29-14-11-10-12-15-29/h10-12,14-23,32-33,41H,6-9,13,24-26H2,1-5H3,(H,38,42)(H,39,44). The van der Waals surface area contributed by atoms with E-state index in [0.29, 0.717) is 25.1 Å². The second-order valence-electron chi connectivity index (χ2n) is 12.4. The van der Waals surface area contributed by atoms with Crippen molar-refractivity contribution in [1.29, 1.82) is 0 Å². The van der Waals surface area contributed by atoms with Crippen molar-refractivity contribution >= 4 is 17.9 Å². The van der Waals surface area contributed by atoms with Gasteiger partial charge < -0.3 is 25.4 Å². The highest BCUT2D eigenvalue weighted by atomic mass is 16.6. The molecule has 0 radical (unpaired) electrons. The van der Waals surface area contributed by atoms with Gasteiger partial charge in [-0.1, -0.05) is 99.8 Å². The number of hydrogen-bond acceptors (Lipinski definition) is 5. The zero-order chi connectivity index (χ0) is 32.8. The van der Waals surface area contributed by atoms with Crippen LogP contribution in [-0.2, 0) is 33.7 Å². The molecule has 8 nitrogen and oxygen atoms in total. The van der Waals surface area contributed by atoms with E-state index in [1.54, 1.807) is 49.9 Å². The molecule has 3 rings (SSSR count). The van der Waals surface area contributed by atoms with Crippen molar-refractivity contribution in [3.05, 3.63) is 101 Å². The average Bonchev–Trinajstić information content (AvgIpc) is 3.01. The Kier molecular flexibility index (Phi) is 13.5. The number of alkyl carbamates (subject to hydrolysis) is 1. The van der Waals surface area contributed by atoms with Gasteiger partial charge in [0.2, 0.25) is 11.8 Å². The topological polar surface area (TPSA) is 108 Å². The Morgan fingerprint density at radius 1 is 0.822 bits per heavy atom. The van der Waals surface area contributed by atoms with Crippen LogP contribution < -0.4 is 10.6 Å². The lowest BCUT2D eigenvalue weighted by Crippen LogP contribution is -2.54. The zero-order valence-corrected chi connectivity index (χ0v) is 27.3. The van der Waals surface area contributed by atoms with Crippen LogP contribution in [0.15, 0.2) is 78.9 Å². The summed E-state index contributed by atoms with van der Waals surface area (Å²) in [7, 11) is 0. The van der Waals surface area contributed by atoms with E-state index < -0.39 is 23.8 Å². The second-order valence-corrected chi connectivity index (χ2v) is 12.4. The Bertz CT molecular complexity index is 1350. The maximum Gasteiger partial charge on any atom is 0.408 e. The predicted octanol–water partition coefficient (Wildman–Crippen LogP) is 6.86. The molecule has 0 fully saturated rings. The number of rotatable bonds is 15. The molecule has 3 amide bonds. The van der Waals surface area contributed by atoms with E-state index in [-0.39, 0.29) is 24.0 Å². The molecule has 0 aromatic heterocycles. The second kappa shape index (κ2) is 17.2. The summed E-state index contributed by atoms with van der Waals surface area (Å²) in [6.45, 7) is 10.1. The Hall–Kier alpha value is -4.33. The molecule has 0 aliphatic rings. The Labute approximate surface area is 268 Å². The number of carbonyl (C=O) groups is 3. The number of ether oxygens (including phenoxy) is 1. The van der Waals surface area contributed by atoms with Crippen molar-refractivity contribution in [3.63, 3.8) is 0 Å². The molecule has 3 aromatic rings. The molecule has 0 bridgehead atoms. The molecule has 2 atom stereocenters. The van der Waals surface area contributed by atoms with Gasteiger partial charge in [-0.15, -0.1) is 0 Å². The van der Waals surface area contributed by atoms with Crippen LogP contribution in [0.25, 0.3) is 0 Å². The van der Waals surface area contributed by atoms with Crippen molar-refractivity contribution in [2.24, 2.45) is 0 Å². The van der Waals surface area contributed by atoms with Crippen LogP contribution in [0.4, 0.5) is 4.79 Å². The molecule has 0 aliphatic carbocycles. The predicted molar refractivity (Wildman–Crippen MR) is 178 cm³/mol. The van der Waals surface area contributed by atoms with Crippen molar-refractivity contribution in [1.82, 2.24) is 15.5 Å². The first kappa shape index (κ1) is 35.2. The third kappa shape index (κ3) is 11.6. The molecule has 0 saturated heterocycles. The summed E-state index contributed by atoms with van der Waals surface area (Å²) >= 11 is 0. The summed E-state index contributed by atoms with van der Waals surface area (Å²) in [5.41, 5.74) is 2.74. The molecule has 0 saturated carbocycles. The highest BCUT2D eigenvalue weighted by Crippen LogP contribution is 2.26. The number of carbonyl (C=O) groups excluding carboxylic acids is 3. The number of benzene rings is 3. The van der Waals surface area contributed by atoms with Gasteiger partial charge in [-0.3, -0.25) is 9.59 Å². The van der Waals surface area contributed by atoms with Crippen molar-refractivity contribution in [2.75, 3.05) is 6.54 Å². The monoisotopic (exact) mass is 615 g/mol. The van der Waals surface area contributed by atoms with Crippen LogP contribution in [0.1, 0.15) is 88.6 Å². The van der Waals surface area contributed by atoms with Gasteiger partial charge >= 0.3 is 6.09 Å². The van der Waals surface area contributed by atoms with Crippen LogP contribution in [0, 0.1) is 0 Å². The normalized spacial score (nSPS) is 12.6. The number of aromatic hydroxyl groups is 1. The number of phenolic OH excluding ortho intramolecular Hbond substituents is 1. The molecule has 8 heteroatoms. The number of amides is 3. The summed E-state index contributed by atoms with van der Waals surface area (Å²) in [5, 5.41) is 15.7. The summed E-state index contributed by atoms with van der Waals surface area (Å²) < 4.78 is 5.53. The largest absolute Gasteiger partial charge is 0.508 e. The van der Waals surface area contributed by atoms with Gasteiger partial charge in [-0.25, -0.2) is 4.79 Å². The maximum absolute atomic E-state index is 14.6. The van der Waals surface area contributed by atoms with Crippen molar-refractivity contribution < 1.29 is 24.2 Å². The molecule has 0 aliphatic heterocycles. The molecular weight excluding hydrogens is 566 g/mol. The lowest BCUT2D eigenvalue weighted by molar-refractivity contribution is -0.142. The van der Waals surface area contributed by atoms with Gasteiger partial charge in [-0.05, 0) is 68.0 Å². The molecule has 3 N–H and O–H groups in total. The van der Waals surface area contributed by atoms with E-state index in [1.807, 2.05) is 54.6 Å². The highest BCUT2D eigenvalue weighted by molar-refractivity contribution is 5.92. The Morgan fingerprint density at radius 3 is 2.07 bits per heavy atom. The smallest absolute Gasteiger partial charge is 0.408 e. The van der Waals surface area contributed by atoms with E-state index in [4.69, 9.17) is 4.74 Å². The van der Waals surface area contributed by atoms with Gasteiger partial charge in [0.1, 0.15) is 23.4 Å². The molecule has 0 heterocycles. The third-order valence-electron chi connectivity index (χ3n) is 7.47. The van der Waals surface area contributed by atoms with Crippen LogP contribution >= 0.6 is 0 Å². The minimum absolute atomic E-state index is 0.102. The molecule has 242 valence electrons. The fourth-order valence-corrected chi connectivity index (χ4v) is 5.08. The number of aryl methyl sites for hydroxylation is 1. The summed E-state index contributed by atoms with van der Waals surface area (Å²) in [6, 6.07) is 22.0. The molecule has 2 unspecified atom stereocenters. The van der Waals surface area contributed by atoms with Crippen LogP contribution in [0.5, 0.6) is 5.75 Å². The number of unbranched alkanes of at least 4 members (excludes halogenated alkanes) is 3. The van der Waals surface area contributed by atoms with E-state index in [9.17, 15) is 19.5 Å². The lowest BCUT2D eigenvalue weighted by atomic mass is 9.98. The zero-order valence-electron chi connectivity index (χ0n) is 27.3. The summed E-state index contributed by atoms with van der Waals surface area (Å²) in [5.74, 6) is -0.581. The van der Waals surface area contributed by atoms with E-state index in [2.05, 4.69) is 24.5 Å². The van der Waals surface area contributed by atoms with Crippen molar-refractivity contribution in [2.45, 2.75) is 97.4 Å². The van der Waals surface area contributed by atoms with E-state index >= 15 is 0 Å². The van der Waals surface area contributed by atoms with Gasteiger partial charge in [0.15, 0.2) is 0 Å². The first-order chi connectivity index (χ1) is 21.5. The van der Waals surface area contributed by atoms with Crippen molar-refractivity contribution in [3.8, 4) is 5.75 Å². The fraction of sp³-hybridized carbons (Fsp3) is 0.432. The first-order valence-electron chi connectivity index (χ1n) is 16.0. The molecule has 3 aromatic carbocycles.